The summed E-state index contributed by atoms with van der Waals surface area (Å²) in [5.41, 5.74) is 0.243. The molecule has 0 radical (unpaired) electrons. The van der Waals surface area contributed by atoms with Crippen LogP contribution in [0.3, 0.4) is 0 Å². The second-order valence-electron chi connectivity index (χ2n) is 6.09. The molecule has 0 fully saturated rings. The number of thioether (sulfide) groups is 1. The van der Waals surface area contributed by atoms with Gasteiger partial charge in [0.2, 0.25) is 25.8 Å². The number of aromatic nitrogens is 1. The number of hydrogen-bond acceptors (Lipinski definition) is 7. The lowest BCUT2D eigenvalue weighted by Crippen LogP contribution is -2.30. The predicted octanol–water partition coefficient (Wildman–Crippen LogP) is 2.84. The Balaban J connectivity index is 1.96. The number of nitrogens with zero attached hydrogens (tertiary/aromatic N) is 2. The van der Waals surface area contributed by atoms with Crippen LogP contribution >= 0.6 is 11.8 Å². The molecule has 1 amide bonds. The van der Waals surface area contributed by atoms with E-state index >= 15 is 0 Å². The van der Waals surface area contributed by atoms with E-state index in [-0.39, 0.29) is 16.3 Å². The van der Waals surface area contributed by atoms with E-state index in [0.717, 1.165) is 23.9 Å². The number of hydrogen-bond donors (Lipinski definition) is 1. The van der Waals surface area contributed by atoms with Crippen molar-refractivity contribution in [3.05, 3.63) is 42.6 Å². The highest BCUT2D eigenvalue weighted by Crippen LogP contribution is 2.22. The number of sulfonamides is 1. The maximum atomic E-state index is 12.5. The molecule has 31 heavy (non-hydrogen) atoms. The number of anilines is 1. The van der Waals surface area contributed by atoms with E-state index in [2.05, 4.69) is 10.3 Å². The Hall–Kier alpha value is -2.09. The first kappa shape index (κ1) is 25.2. The number of rotatable bonds is 10. The number of carbonyl (C=O) groups is 1. The fraction of sp³-hybridized carbons (Fsp3) is 0.333. The third-order valence-electron chi connectivity index (χ3n) is 4.10. The van der Waals surface area contributed by atoms with Gasteiger partial charge in [-0.25, -0.2) is 21.8 Å². The van der Waals surface area contributed by atoms with E-state index in [9.17, 15) is 30.4 Å². The van der Waals surface area contributed by atoms with E-state index < -0.39 is 36.4 Å². The first-order valence-electron chi connectivity index (χ1n) is 9.03. The molecule has 0 bridgehead atoms. The summed E-state index contributed by atoms with van der Waals surface area (Å²) in [7, 11) is -8.31. The molecule has 0 aliphatic rings. The SMILES string of the molecule is CCN(CC)S(=O)(=O)c1ccc(SCC(=O)Nc2ccc(S(=O)(=O)C(F)F)cc2)nc1. The third kappa shape index (κ3) is 6.21. The van der Waals surface area contributed by atoms with Crippen LogP contribution in [-0.2, 0) is 24.7 Å². The van der Waals surface area contributed by atoms with Crippen LogP contribution in [0, 0.1) is 0 Å². The van der Waals surface area contributed by atoms with Gasteiger partial charge in [0.15, 0.2) is 0 Å². The van der Waals surface area contributed by atoms with Crippen molar-refractivity contribution in [3.8, 4) is 0 Å². The van der Waals surface area contributed by atoms with Crippen LogP contribution in [0.25, 0.3) is 0 Å². The van der Waals surface area contributed by atoms with E-state index in [4.69, 9.17) is 0 Å². The Kier molecular flexibility index (Phi) is 8.51. The van der Waals surface area contributed by atoms with Gasteiger partial charge in [0, 0.05) is 25.0 Å². The molecule has 0 unspecified atom stereocenters. The van der Waals surface area contributed by atoms with E-state index in [0.29, 0.717) is 18.1 Å². The summed E-state index contributed by atoms with van der Waals surface area (Å²) in [4.78, 5) is 15.7. The molecule has 0 saturated heterocycles. The molecular weight excluding hydrogens is 472 g/mol. The quantitative estimate of drug-likeness (QED) is 0.506. The van der Waals surface area contributed by atoms with Crippen LogP contribution < -0.4 is 5.32 Å². The number of halogens is 2. The van der Waals surface area contributed by atoms with Crippen LogP contribution in [0.15, 0.2) is 57.4 Å². The molecule has 2 rings (SSSR count). The maximum absolute atomic E-state index is 12.5. The highest BCUT2D eigenvalue weighted by Gasteiger charge is 2.26. The van der Waals surface area contributed by atoms with Crippen LogP contribution in [0.5, 0.6) is 0 Å². The highest BCUT2D eigenvalue weighted by atomic mass is 32.2. The van der Waals surface area contributed by atoms with E-state index in [1.165, 1.54) is 34.8 Å². The van der Waals surface area contributed by atoms with Crippen LogP contribution in [0.1, 0.15) is 13.8 Å². The zero-order valence-corrected chi connectivity index (χ0v) is 19.1. The zero-order chi connectivity index (χ0) is 23.2. The van der Waals surface area contributed by atoms with E-state index in [1.54, 1.807) is 13.8 Å². The van der Waals surface area contributed by atoms with Crippen molar-refractivity contribution >= 4 is 43.2 Å². The number of benzene rings is 1. The van der Waals surface area contributed by atoms with Crippen molar-refractivity contribution in [1.29, 1.82) is 0 Å². The monoisotopic (exact) mass is 493 g/mol. The highest BCUT2D eigenvalue weighted by molar-refractivity contribution is 7.99. The molecule has 0 aliphatic carbocycles. The molecule has 170 valence electrons. The Bertz CT molecular complexity index is 1100. The first-order chi connectivity index (χ1) is 14.5. The van der Waals surface area contributed by atoms with E-state index in [1.807, 2.05) is 0 Å². The number of amides is 1. The molecule has 1 heterocycles. The molecule has 1 aromatic heterocycles. The molecule has 0 spiro atoms. The number of sulfone groups is 1. The van der Waals surface area contributed by atoms with Crippen molar-refractivity contribution in [2.24, 2.45) is 0 Å². The molecular formula is C18H21F2N3O5S3. The van der Waals surface area contributed by atoms with Crippen molar-refractivity contribution in [2.45, 2.75) is 34.4 Å². The Labute approximate surface area is 184 Å². The topological polar surface area (TPSA) is 114 Å². The van der Waals surface area contributed by atoms with Gasteiger partial charge in [0.25, 0.3) is 0 Å². The van der Waals surface area contributed by atoms with Crippen molar-refractivity contribution in [2.75, 3.05) is 24.2 Å². The minimum Gasteiger partial charge on any atom is -0.325 e. The average Bonchev–Trinajstić information content (AvgIpc) is 2.73. The standard InChI is InChI=1S/C18H21F2N3O5S3/c1-3-23(4-2)31(27,28)15-9-10-17(21-11-15)29-12-16(24)22-13-5-7-14(8-6-13)30(25,26)18(19)20/h5-11,18H,3-4,12H2,1-2H3,(H,22,24). The summed E-state index contributed by atoms with van der Waals surface area (Å²) in [6, 6.07) is 7.31. The fourth-order valence-electron chi connectivity index (χ4n) is 2.48. The molecule has 1 aromatic carbocycles. The molecule has 8 nitrogen and oxygen atoms in total. The smallest absolute Gasteiger partial charge is 0.325 e. The average molecular weight is 494 g/mol. The minimum absolute atomic E-state index is 0.0494. The molecule has 1 N–H and O–H groups in total. The Morgan fingerprint density at radius 3 is 2.10 bits per heavy atom. The second kappa shape index (κ2) is 10.5. The van der Waals surface area contributed by atoms with Crippen molar-refractivity contribution in [3.63, 3.8) is 0 Å². The van der Waals surface area contributed by atoms with Crippen LogP contribution in [0.4, 0.5) is 14.5 Å². The predicted molar refractivity (Wildman–Crippen MR) is 113 cm³/mol. The lowest BCUT2D eigenvalue weighted by Gasteiger charge is -2.18. The van der Waals surface area contributed by atoms with Gasteiger partial charge < -0.3 is 5.32 Å². The van der Waals surface area contributed by atoms with Gasteiger partial charge in [-0.3, -0.25) is 4.79 Å². The Morgan fingerprint density at radius 1 is 1.03 bits per heavy atom. The van der Waals surface area contributed by atoms with Crippen molar-refractivity contribution < 1.29 is 30.4 Å². The lowest BCUT2D eigenvalue weighted by molar-refractivity contribution is -0.113. The van der Waals surface area contributed by atoms with Crippen molar-refractivity contribution in [1.82, 2.24) is 9.29 Å². The summed E-state index contributed by atoms with van der Waals surface area (Å²) < 4.78 is 74.0. The summed E-state index contributed by atoms with van der Waals surface area (Å²) in [5, 5.41) is 2.95. The van der Waals surface area contributed by atoms with Crippen LogP contribution in [-0.4, -0.2) is 56.6 Å². The molecule has 0 saturated carbocycles. The van der Waals surface area contributed by atoms with Crippen LogP contribution in [0.2, 0.25) is 0 Å². The van der Waals surface area contributed by atoms with Gasteiger partial charge in [-0.1, -0.05) is 25.6 Å². The molecule has 0 atom stereocenters. The number of alkyl halides is 2. The summed E-state index contributed by atoms with van der Waals surface area (Å²) in [6.45, 7) is 4.15. The summed E-state index contributed by atoms with van der Waals surface area (Å²) in [5.74, 6) is -4.01. The van der Waals surface area contributed by atoms with Gasteiger partial charge in [0.05, 0.1) is 15.7 Å². The normalized spacial score (nSPS) is 12.3. The van der Waals surface area contributed by atoms with Gasteiger partial charge in [-0.15, -0.1) is 0 Å². The molecule has 0 aliphatic heterocycles. The lowest BCUT2D eigenvalue weighted by atomic mass is 10.3. The zero-order valence-electron chi connectivity index (χ0n) is 16.7. The summed E-state index contributed by atoms with van der Waals surface area (Å²) in [6.07, 6.45) is 1.23. The number of carbonyl (C=O) groups excluding carboxylic acids is 1. The van der Waals surface area contributed by atoms with Gasteiger partial charge in [-0.05, 0) is 36.4 Å². The fourth-order valence-corrected chi connectivity index (χ4v) is 5.25. The number of pyridine rings is 1. The third-order valence-corrected chi connectivity index (χ3v) is 8.48. The second-order valence-corrected chi connectivity index (χ2v) is 10.9. The van der Waals surface area contributed by atoms with Gasteiger partial charge in [0.1, 0.15) is 4.90 Å². The molecule has 13 heteroatoms. The Morgan fingerprint density at radius 2 is 1.61 bits per heavy atom. The summed E-state index contributed by atoms with van der Waals surface area (Å²) >= 11 is 1.07. The molecule has 2 aromatic rings. The maximum Gasteiger partial charge on any atom is 0.341 e. The van der Waals surface area contributed by atoms with Gasteiger partial charge >= 0.3 is 5.76 Å². The largest absolute Gasteiger partial charge is 0.341 e. The number of nitrogens with one attached hydrogen (secondary N) is 1. The van der Waals surface area contributed by atoms with Gasteiger partial charge in [-0.2, -0.15) is 13.1 Å². The minimum atomic E-state index is -4.70. The first-order valence-corrected chi connectivity index (χ1v) is 13.0.